The normalized spacial score (nSPS) is 12.6. The van der Waals surface area contributed by atoms with E-state index in [1.165, 1.54) is 0 Å². The fraction of sp³-hybridized carbons (Fsp3) is 0.474. The third-order valence-electron chi connectivity index (χ3n) is 4.80. The van der Waals surface area contributed by atoms with Gasteiger partial charge in [0, 0.05) is 25.4 Å². The molecule has 29 heavy (non-hydrogen) atoms. The summed E-state index contributed by atoms with van der Waals surface area (Å²) in [6.45, 7) is 3.41. The van der Waals surface area contributed by atoms with Crippen LogP contribution in [0, 0.1) is 6.92 Å². The number of nitrogens with two attached hydrogens (primary N) is 1. The van der Waals surface area contributed by atoms with Crippen LogP contribution in [0.3, 0.4) is 0 Å². The lowest BCUT2D eigenvalue weighted by molar-refractivity contribution is 0.121. The van der Waals surface area contributed by atoms with Crippen LogP contribution in [-0.2, 0) is 6.54 Å². The molecule has 0 fully saturated rings. The molecule has 0 saturated carbocycles. The molecule has 1 aromatic rings. The molecular weight excluding hydrogens is 376 g/mol. The van der Waals surface area contributed by atoms with Gasteiger partial charge < -0.3 is 25.8 Å². The number of aromatic amines is 1. The van der Waals surface area contributed by atoms with Crippen molar-refractivity contribution in [2.75, 3.05) is 25.0 Å². The summed E-state index contributed by atoms with van der Waals surface area (Å²) in [6.07, 6.45) is 0.670. The van der Waals surface area contributed by atoms with E-state index in [9.17, 15) is 14.7 Å². The van der Waals surface area contributed by atoms with Gasteiger partial charge in [-0.25, -0.2) is 9.78 Å². The standard InChI is InChI=1S/C19H26N6O4/c1-11-9-14-15(10-13(11)21-6-2-5-20)25(7-3-12(27)4-8-26)17-16(22-14)18(28)24-19(29)23-17/h9-10,12,21,26-27H,2-8,20H2,1H3,(H,24,28,29)/t12-/m0/s1. The molecule has 0 amide bonds. The van der Waals surface area contributed by atoms with Crippen molar-refractivity contribution in [3.05, 3.63) is 38.5 Å². The number of anilines is 1. The fourth-order valence-electron chi connectivity index (χ4n) is 3.26. The SMILES string of the molecule is Cc1cc2nc3c(=O)[nH]c(=O)nc-3n(CC[C@H](O)CCO)c2cc1NCCCN. The van der Waals surface area contributed by atoms with Crippen LogP contribution >= 0.6 is 0 Å². The Morgan fingerprint density at radius 1 is 1.28 bits per heavy atom. The van der Waals surface area contributed by atoms with Crippen LogP contribution in [0.2, 0.25) is 0 Å². The van der Waals surface area contributed by atoms with E-state index in [0.717, 1.165) is 17.7 Å². The summed E-state index contributed by atoms with van der Waals surface area (Å²) in [7, 11) is 0. The van der Waals surface area contributed by atoms with E-state index in [1.54, 1.807) is 4.57 Å². The monoisotopic (exact) mass is 402 g/mol. The predicted molar refractivity (Wildman–Crippen MR) is 110 cm³/mol. The Bertz CT molecular complexity index is 1080. The van der Waals surface area contributed by atoms with Crippen molar-refractivity contribution in [2.45, 2.75) is 38.8 Å². The number of aromatic nitrogens is 4. The summed E-state index contributed by atoms with van der Waals surface area (Å²) in [5.41, 5.74) is 7.40. The summed E-state index contributed by atoms with van der Waals surface area (Å²) in [5, 5.41) is 22.4. The zero-order valence-corrected chi connectivity index (χ0v) is 16.3. The molecule has 0 unspecified atom stereocenters. The maximum atomic E-state index is 12.3. The zero-order valence-electron chi connectivity index (χ0n) is 16.3. The molecule has 0 aromatic heterocycles. The predicted octanol–water partition coefficient (Wildman–Crippen LogP) is -0.213. The molecule has 2 aliphatic heterocycles. The maximum absolute atomic E-state index is 12.3. The molecule has 0 saturated heterocycles. The molecular formula is C19H26N6O4. The van der Waals surface area contributed by atoms with Crippen molar-refractivity contribution < 1.29 is 10.2 Å². The topological polar surface area (TPSA) is 159 Å². The average molecular weight is 402 g/mol. The minimum Gasteiger partial charge on any atom is -0.396 e. The molecule has 10 nitrogen and oxygen atoms in total. The van der Waals surface area contributed by atoms with Crippen molar-refractivity contribution >= 4 is 16.7 Å². The first-order valence-electron chi connectivity index (χ1n) is 9.62. The summed E-state index contributed by atoms with van der Waals surface area (Å²) in [6, 6.07) is 3.77. The molecule has 1 aromatic carbocycles. The number of aryl methyl sites for hydroxylation is 2. The number of nitrogens with one attached hydrogen (secondary N) is 2. The Morgan fingerprint density at radius 3 is 2.79 bits per heavy atom. The maximum Gasteiger partial charge on any atom is 0.349 e. The van der Waals surface area contributed by atoms with Crippen molar-refractivity contribution in [1.82, 2.24) is 19.5 Å². The molecule has 2 aliphatic rings. The van der Waals surface area contributed by atoms with E-state index in [0.29, 0.717) is 37.1 Å². The number of benzene rings is 1. The Kier molecular flexibility index (Phi) is 6.57. The van der Waals surface area contributed by atoms with Crippen molar-refractivity contribution in [3.8, 4) is 11.5 Å². The summed E-state index contributed by atoms with van der Waals surface area (Å²) >= 11 is 0. The Labute approximate surface area is 166 Å². The fourth-order valence-corrected chi connectivity index (χ4v) is 3.26. The van der Waals surface area contributed by atoms with Crippen LogP contribution < -0.4 is 22.3 Å². The van der Waals surface area contributed by atoms with Gasteiger partial charge in [0.1, 0.15) is 0 Å². The second-order valence-corrected chi connectivity index (χ2v) is 6.99. The lowest BCUT2D eigenvalue weighted by atomic mass is 10.1. The van der Waals surface area contributed by atoms with E-state index < -0.39 is 17.4 Å². The second kappa shape index (κ2) is 9.12. The highest BCUT2D eigenvalue weighted by atomic mass is 16.3. The van der Waals surface area contributed by atoms with Gasteiger partial charge in [0.2, 0.25) is 0 Å². The first-order chi connectivity index (χ1) is 13.9. The van der Waals surface area contributed by atoms with E-state index >= 15 is 0 Å². The Balaban J connectivity index is 2.17. The molecule has 0 spiro atoms. The van der Waals surface area contributed by atoms with Crippen LogP contribution in [-0.4, -0.2) is 55.5 Å². The number of hydrogen-bond donors (Lipinski definition) is 5. The lowest BCUT2D eigenvalue weighted by Gasteiger charge is -2.20. The van der Waals surface area contributed by atoms with Gasteiger partial charge in [-0.15, -0.1) is 0 Å². The molecule has 156 valence electrons. The second-order valence-electron chi connectivity index (χ2n) is 6.99. The number of fused-ring (bicyclic) bond motifs is 2. The smallest absolute Gasteiger partial charge is 0.349 e. The third-order valence-corrected chi connectivity index (χ3v) is 4.80. The lowest BCUT2D eigenvalue weighted by Crippen LogP contribution is -2.29. The van der Waals surface area contributed by atoms with Gasteiger partial charge in [0.05, 0.1) is 17.1 Å². The largest absolute Gasteiger partial charge is 0.396 e. The van der Waals surface area contributed by atoms with Crippen LogP contribution in [0.5, 0.6) is 0 Å². The van der Waals surface area contributed by atoms with Gasteiger partial charge in [-0.1, -0.05) is 0 Å². The molecule has 0 aliphatic carbocycles. The molecule has 2 heterocycles. The molecule has 6 N–H and O–H groups in total. The highest BCUT2D eigenvalue weighted by Crippen LogP contribution is 2.27. The summed E-state index contributed by atoms with van der Waals surface area (Å²) in [4.78, 5) is 34.6. The Hall–Kier alpha value is -2.82. The third kappa shape index (κ3) is 4.61. The molecule has 0 radical (unpaired) electrons. The van der Waals surface area contributed by atoms with Crippen LogP contribution in [0.1, 0.15) is 24.8 Å². The van der Waals surface area contributed by atoms with Gasteiger partial charge in [0.15, 0.2) is 11.5 Å². The van der Waals surface area contributed by atoms with Gasteiger partial charge in [-0.2, -0.15) is 4.98 Å². The van der Waals surface area contributed by atoms with Gasteiger partial charge in [-0.3, -0.25) is 9.78 Å². The summed E-state index contributed by atoms with van der Waals surface area (Å²) in [5.74, 6) is 0.166. The summed E-state index contributed by atoms with van der Waals surface area (Å²) < 4.78 is 1.72. The zero-order chi connectivity index (χ0) is 21.0. The number of aliphatic hydroxyl groups is 2. The van der Waals surface area contributed by atoms with Crippen LogP contribution in [0.15, 0.2) is 21.7 Å². The van der Waals surface area contributed by atoms with Gasteiger partial charge in [0.25, 0.3) is 5.56 Å². The van der Waals surface area contributed by atoms with Crippen molar-refractivity contribution in [1.29, 1.82) is 0 Å². The highest BCUT2D eigenvalue weighted by Gasteiger charge is 2.20. The number of nitrogens with zero attached hydrogens (tertiary/aromatic N) is 3. The average Bonchev–Trinajstić information content (AvgIpc) is 2.67. The van der Waals surface area contributed by atoms with Crippen molar-refractivity contribution in [3.63, 3.8) is 0 Å². The van der Waals surface area contributed by atoms with Crippen LogP contribution in [0.4, 0.5) is 5.69 Å². The van der Waals surface area contributed by atoms with Crippen LogP contribution in [0.25, 0.3) is 22.6 Å². The minimum atomic E-state index is -0.748. The van der Waals surface area contributed by atoms with Gasteiger partial charge in [-0.05, 0) is 50.4 Å². The van der Waals surface area contributed by atoms with E-state index in [-0.39, 0.29) is 24.5 Å². The number of aliphatic hydroxyl groups excluding tert-OH is 2. The number of hydrogen-bond acceptors (Lipinski definition) is 8. The van der Waals surface area contributed by atoms with Gasteiger partial charge >= 0.3 is 5.69 Å². The van der Waals surface area contributed by atoms with E-state index in [4.69, 9.17) is 10.8 Å². The van der Waals surface area contributed by atoms with E-state index in [2.05, 4.69) is 20.3 Å². The highest BCUT2D eigenvalue weighted by molar-refractivity contribution is 5.84. The molecule has 1 atom stereocenters. The first kappa shape index (κ1) is 20.9. The first-order valence-corrected chi connectivity index (χ1v) is 9.62. The molecule has 10 heteroatoms. The van der Waals surface area contributed by atoms with E-state index in [1.807, 2.05) is 19.1 Å². The number of rotatable bonds is 9. The quantitative estimate of drug-likeness (QED) is 0.243. The minimum absolute atomic E-state index is 0.0667. The molecule has 0 bridgehead atoms. The Morgan fingerprint density at radius 2 is 2.07 bits per heavy atom. The molecule has 3 rings (SSSR count). The van der Waals surface area contributed by atoms with Crippen molar-refractivity contribution in [2.24, 2.45) is 5.73 Å². The number of H-pyrrole nitrogens is 1.